The number of nitrogen functional groups attached to an aromatic ring is 1. The van der Waals surface area contributed by atoms with Crippen molar-refractivity contribution in [2.75, 3.05) is 5.73 Å². The van der Waals surface area contributed by atoms with Crippen molar-refractivity contribution in [1.29, 1.82) is 0 Å². The third-order valence-electron chi connectivity index (χ3n) is 3.12. The highest BCUT2D eigenvalue weighted by atomic mass is 15.1. The van der Waals surface area contributed by atoms with Gasteiger partial charge in [0.05, 0.1) is 11.2 Å². The Hall–Kier alpha value is -2.43. The van der Waals surface area contributed by atoms with Crippen molar-refractivity contribution < 1.29 is 0 Å². The van der Waals surface area contributed by atoms with Crippen LogP contribution in [0.1, 0.15) is 11.4 Å². The maximum absolute atomic E-state index is 5.83. The lowest BCUT2D eigenvalue weighted by molar-refractivity contribution is 0.952. The lowest BCUT2D eigenvalue weighted by Gasteiger charge is -2.08. The average Bonchev–Trinajstić information content (AvgIpc) is 2.69. The first-order chi connectivity index (χ1) is 8.66. The van der Waals surface area contributed by atoms with Crippen molar-refractivity contribution in [2.24, 2.45) is 0 Å². The number of fused-ring (bicyclic) bond motifs is 1. The van der Waals surface area contributed by atoms with Crippen LogP contribution in [0, 0.1) is 13.8 Å². The number of benzene rings is 1. The SMILES string of the molecule is Cc1ncn(-c2ncnc3ccc(N)cc23)c1C. The van der Waals surface area contributed by atoms with Gasteiger partial charge in [0.2, 0.25) is 0 Å². The molecule has 2 heterocycles. The zero-order chi connectivity index (χ0) is 12.7. The predicted octanol–water partition coefficient (Wildman–Crippen LogP) is 2.01. The number of aryl methyl sites for hydroxylation is 1. The first-order valence-corrected chi connectivity index (χ1v) is 5.68. The second kappa shape index (κ2) is 3.80. The van der Waals surface area contributed by atoms with Gasteiger partial charge in [-0.1, -0.05) is 0 Å². The number of aromatic nitrogens is 4. The van der Waals surface area contributed by atoms with Crippen LogP contribution in [0.25, 0.3) is 16.7 Å². The second-order valence-electron chi connectivity index (χ2n) is 4.26. The summed E-state index contributed by atoms with van der Waals surface area (Å²) in [5.41, 5.74) is 9.47. The molecule has 0 atom stereocenters. The van der Waals surface area contributed by atoms with Crippen molar-refractivity contribution in [1.82, 2.24) is 19.5 Å². The van der Waals surface area contributed by atoms with Gasteiger partial charge >= 0.3 is 0 Å². The van der Waals surface area contributed by atoms with Crippen molar-refractivity contribution in [3.63, 3.8) is 0 Å². The van der Waals surface area contributed by atoms with Crippen LogP contribution in [0.5, 0.6) is 0 Å². The molecule has 5 nitrogen and oxygen atoms in total. The minimum atomic E-state index is 0.702. The van der Waals surface area contributed by atoms with Crippen LogP contribution >= 0.6 is 0 Å². The molecule has 0 saturated carbocycles. The predicted molar refractivity (Wildman–Crippen MR) is 70.5 cm³/mol. The Labute approximate surface area is 104 Å². The van der Waals surface area contributed by atoms with E-state index in [4.69, 9.17) is 5.73 Å². The summed E-state index contributed by atoms with van der Waals surface area (Å²) in [6, 6.07) is 5.62. The Morgan fingerprint density at radius 2 is 1.94 bits per heavy atom. The second-order valence-corrected chi connectivity index (χ2v) is 4.26. The summed E-state index contributed by atoms with van der Waals surface area (Å²) in [5.74, 6) is 0.811. The van der Waals surface area contributed by atoms with E-state index in [-0.39, 0.29) is 0 Å². The monoisotopic (exact) mass is 239 g/mol. The Balaban J connectivity index is 2.35. The van der Waals surface area contributed by atoms with Crippen molar-refractivity contribution >= 4 is 16.6 Å². The number of anilines is 1. The van der Waals surface area contributed by atoms with E-state index in [1.54, 1.807) is 12.7 Å². The normalized spacial score (nSPS) is 11.0. The van der Waals surface area contributed by atoms with Crippen LogP contribution in [0.2, 0.25) is 0 Å². The number of hydrogen-bond acceptors (Lipinski definition) is 4. The fourth-order valence-corrected chi connectivity index (χ4v) is 1.96. The zero-order valence-electron chi connectivity index (χ0n) is 10.3. The van der Waals surface area contributed by atoms with Gasteiger partial charge < -0.3 is 5.73 Å². The van der Waals surface area contributed by atoms with E-state index < -0.39 is 0 Å². The first kappa shape index (κ1) is 10.7. The fraction of sp³-hybridized carbons (Fsp3) is 0.154. The van der Waals surface area contributed by atoms with Crippen LogP contribution in [0.15, 0.2) is 30.9 Å². The van der Waals surface area contributed by atoms with Gasteiger partial charge in [-0.3, -0.25) is 4.57 Å². The highest BCUT2D eigenvalue weighted by Crippen LogP contribution is 2.22. The molecule has 5 heteroatoms. The molecular formula is C13H13N5. The molecule has 0 amide bonds. The van der Waals surface area contributed by atoms with Crippen molar-refractivity contribution in [3.05, 3.63) is 42.2 Å². The molecule has 2 N–H and O–H groups in total. The van der Waals surface area contributed by atoms with Gasteiger partial charge in [-0.05, 0) is 32.0 Å². The fourth-order valence-electron chi connectivity index (χ4n) is 1.96. The van der Waals surface area contributed by atoms with Gasteiger partial charge in [-0.25, -0.2) is 15.0 Å². The van der Waals surface area contributed by atoms with E-state index in [9.17, 15) is 0 Å². The molecule has 2 aromatic heterocycles. The number of nitrogens with two attached hydrogens (primary N) is 1. The Morgan fingerprint density at radius 1 is 1.11 bits per heavy atom. The van der Waals surface area contributed by atoms with E-state index >= 15 is 0 Å². The van der Waals surface area contributed by atoms with Crippen LogP contribution in [-0.4, -0.2) is 19.5 Å². The van der Waals surface area contributed by atoms with E-state index in [1.165, 1.54) is 0 Å². The van der Waals surface area contributed by atoms with Crippen LogP contribution < -0.4 is 5.73 Å². The van der Waals surface area contributed by atoms with E-state index in [0.29, 0.717) is 5.69 Å². The quantitative estimate of drug-likeness (QED) is 0.659. The Kier molecular flexibility index (Phi) is 2.26. The maximum atomic E-state index is 5.83. The smallest absolute Gasteiger partial charge is 0.149 e. The molecule has 1 aromatic carbocycles. The van der Waals surface area contributed by atoms with Gasteiger partial charge in [-0.2, -0.15) is 0 Å². The summed E-state index contributed by atoms with van der Waals surface area (Å²) >= 11 is 0. The molecule has 0 saturated heterocycles. The molecule has 0 aliphatic carbocycles. The summed E-state index contributed by atoms with van der Waals surface area (Å²) < 4.78 is 1.96. The first-order valence-electron chi connectivity index (χ1n) is 5.68. The van der Waals surface area contributed by atoms with Crippen LogP contribution in [0.3, 0.4) is 0 Å². The molecule has 0 aliphatic rings. The molecular weight excluding hydrogens is 226 g/mol. The van der Waals surface area contributed by atoms with Crippen LogP contribution in [-0.2, 0) is 0 Å². The lowest BCUT2D eigenvalue weighted by atomic mass is 10.2. The Bertz CT molecular complexity index is 729. The molecule has 0 radical (unpaired) electrons. The molecule has 3 aromatic rings. The number of rotatable bonds is 1. The minimum absolute atomic E-state index is 0.702. The van der Waals surface area contributed by atoms with E-state index in [0.717, 1.165) is 28.1 Å². The summed E-state index contributed by atoms with van der Waals surface area (Å²) in [6.07, 6.45) is 3.33. The lowest BCUT2D eigenvalue weighted by Crippen LogP contribution is -2.01. The van der Waals surface area contributed by atoms with Gasteiger partial charge in [0.25, 0.3) is 0 Å². The van der Waals surface area contributed by atoms with Gasteiger partial charge in [-0.15, -0.1) is 0 Å². The number of nitrogens with zero attached hydrogens (tertiary/aromatic N) is 4. The topological polar surface area (TPSA) is 69.6 Å². The number of hydrogen-bond donors (Lipinski definition) is 1. The largest absolute Gasteiger partial charge is 0.399 e. The molecule has 0 spiro atoms. The highest BCUT2D eigenvalue weighted by Gasteiger charge is 2.10. The summed E-state index contributed by atoms with van der Waals surface area (Å²) in [7, 11) is 0. The molecule has 0 fully saturated rings. The van der Waals surface area contributed by atoms with Gasteiger partial charge in [0.15, 0.2) is 0 Å². The summed E-state index contributed by atoms with van der Waals surface area (Å²) in [5, 5.41) is 0.929. The standard InChI is InChI=1S/C13H13N5/c1-8-9(2)18(7-17-8)13-11-5-10(14)3-4-12(11)15-6-16-13/h3-7H,14H2,1-2H3. The maximum Gasteiger partial charge on any atom is 0.149 e. The number of imidazole rings is 1. The average molecular weight is 239 g/mol. The van der Waals surface area contributed by atoms with E-state index in [2.05, 4.69) is 15.0 Å². The zero-order valence-corrected chi connectivity index (χ0v) is 10.3. The summed E-state index contributed by atoms with van der Waals surface area (Å²) in [4.78, 5) is 12.9. The van der Waals surface area contributed by atoms with Crippen molar-refractivity contribution in [2.45, 2.75) is 13.8 Å². The Morgan fingerprint density at radius 3 is 2.67 bits per heavy atom. The van der Waals surface area contributed by atoms with Crippen LogP contribution in [0.4, 0.5) is 5.69 Å². The third kappa shape index (κ3) is 1.52. The molecule has 0 bridgehead atoms. The molecule has 3 rings (SSSR count). The van der Waals surface area contributed by atoms with E-state index in [1.807, 2.05) is 36.6 Å². The minimum Gasteiger partial charge on any atom is -0.399 e. The third-order valence-corrected chi connectivity index (χ3v) is 3.12. The molecule has 18 heavy (non-hydrogen) atoms. The van der Waals surface area contributed by atoms with Crippen molar-refractivity contribution in [3.8, 4) is 5.82 Å². The molecule has 0 aliphatic heterocycles. The molecule has 90 valence electrons. The molecule has 0 unspecified atom stereocenters. The van der Waals surface area contributed by atoms with Gasteiger partial charge in [0, 0.05) is 16.8 Å². The highest BCUT2D eigenvalue weighted by molar-refractivity contribution is 5.87. The van der Waals surface area contributed by atoms with Gasteiger partial charge in [0.1, 0.15) is 18.5 Å². The summed E-state index contributed by atoms with van der Waals surface area (Å²) in [6.45, 7) is 3.99.